The van der Waals surface area contributed by atoms with Gasteiger partial charge in [0.15, 0.2) is 11.9 Å². The molecular formula is C17H20O4. The molecule has 0 saturated heterocycles. The Hall–Kier alpha value is -2.10. The molecule has 0 aliphatic heterocycles. The average Bonchev–Trinajstić information content (AvgIpc) is 2.42. The number of ether oxygens (including phenoxy) is 1. The van der Waals surface area contributed by atoms with E-state index in [1.807, 2.05) is 32.9 Å². The van der Waals surface area contributed by atoms with E-state index in [0.717, 1.165) is 16.5 Å². The third kappa shape index (κ3) is 2.71. The van der Waals surface area contributed by atoms with Crippen molar-refractivity contribution in [3.63, 3.8) is 0 Å². The van der Waals surface area contributed by atoms with E-state index in [-0.39, 0.29) is 11.4 Å². The topological polar surface area (TPSA) is 56.5 Å². The number of Topliss-reactive ketones (excluding diaryl/α,β-unsaturated/α-hetero) is 1. The third-order valence-electron chi connectivity index (χ3n) is 3.88. The van der Waals surface area contributed by atoms with Crippen LogP contribution in [0, 0.1) is 13.8 Å². The molecule has 4 nitrogen and oxygen atoms in total. The van der Waals surface area contributed by atoms with Crippen molar-refractivity contribution in [1.29, 1.82) is 0 Å². The summed E-state index contributed by atoms with van der Waals surface area (Å²) in [6, 6.07) is 3.70. The summed E-state index contributed by atoms with van der Waals surface area (Å²) in [5.41, 5.74) is 2.61. The maximum absolute atomic E-state index is 12.0. The Bertz CT molecular complexity index is 755. The van der Waals surface area contributed by atoms with Gasteiger partial charge in [0, 0.05) is 16.5 Å². The molecule has 0 amide bonds. The van der Waals surface area contributed by atoms with Gasteiger partial charge in [-0.05, 0) is 51.8 Å². The summed E-state index contributed by atoms with van der Waals surface area (Å²) >= 11 is 0. The summed E-state index contributed by atoms with van der Waals surface area (Å²) in [7, 11) is 0. The first kappa shape index (κ1) is 15.3. The minimum Gasteiger partial charge on any atom is -0.483 e. The van der Waals surface area contributed by atoms with E-state index in [2.05, 4.69) is 0 Å². The first-order valence-electron chi connectivity index (χ1n) is 7.09. The quantitative estimate of drug-likeness (QED) is 0.810. The maximum atomic E-state index is 12.0. The van der Waals surface area contributed by atoms with Crippen LogP contribution in [0.25, 0.3) is 11.0 Å². The first-order chi connectivity index (χ1) is 9.86. The van der Waals surface area contributed by atoms with E-state index in [4.69, 9.17) is 9.15 Å². The molecule has 1 atom stereocenters. The van der Waals surface area contributed by atoms with Crippen molar-refractivity contribution in [2.24, 2.45) is 0 Å². The highest BCUT2D eigenvalue weighted by atomic mass is 16.5. The van der Waals surface area contributed by atoms with Crippen molar-refractivity contribution in [2.75, 3.05) is 0 Å². The van der Waals surface area contributed by atoms with Gasteiger partial charge in [-0.1, -0.05) is 6.92 Å². The van der Waals surface area contributed by atoms with Gasteiger partial charge in [0.2, 0.25) is 0 Å². The van der Waals surface area contributed by atoms with Gasteiger partial charge in [-0.2, -0.15) is 0 Å². The highest BCUT2D eigenvalue weighted by Gasteiger charge is 2.16. The van der Waals surface area contributed by atoms with Gasteiger partial charge in [0.1, 0.15) is 11.3 Å². The molecule has 0 bridgehead atoms. The summed E-state index contributed by atoms with van der Waals surface area (Å²) in [6.07, 6.45) is 0.117. The van der Waals surface area contributed by atoms with E-state index in [9.17, 15) is 9.59 Å². The number of fused-ring (bicyclic) bond motifs is 1. The molecule has 0 N–H and O–H groups in total. The molecular weight excluding hydrogens is 268 g/mol. The largest absolute Gasteiger partial charge is 0.483 e. The number of carbonyl (C=O) groups excluding carboxylic acids is 1. The van der Waals surface area contributed by atoms with Crippen LogP contribution >= 0.6 is 0 Å². The van der Waals surface area contributed by atoms with Crippen LogP contribution in [0.3, 0.4) is 0 Å². The normalized spacial score (nSPS) is 12.4. The fraction of sp³-hybridized carbons (Fsp3) is 0.412. The Balaban J connectivity index is 2.63. The van der Waals surface area contributed by atoms with Crippen molar-refractivity contribution in [3.8, 4) is 5.75 Å². The van der Waals surface area contributed by atoms with Crippen LogP contribution in [-0.2, 0) is 11.2 Å². The summed E-state index contributed by atoms with van der Waals surface area (Å²) in [4.78, 5) is 23.3. The number of ketones is 1. The van der Waals surface area contributed by atoms with Crippen LogP contribution < -0.4 is 10.4 Å². The number of hydrogen-bond acceptors (Lipinski definition) is 4. The summed E-state index contributed by atoms with van der Waals surface area (Å²) in [5.74, 6) is 0.519. The predicted molar refractivity (Wildman–Crippen MR) is 82.1 cm³/mol. The van der Waals surface area contributed by atoms with Crippen molar-refractivity contribution in [3.05, 3.63) is 39.2 Å². The van der Waals surface area contributed by atoms with Crippen LogP contribution in [0.2, 0.25) is 0 Å². The van der Waals surface area contributed by atoms with Gasteiger partial charge in [-0.25, -0.2) is 4.79 Å². The lowest BCUT2D eigenvalue weighted by molar-refractivity contribution is -0.122. The molecule has 0 aliphatic carbocycles. The van der Waals surface area contributed by atoms with E-state index in [0.29, 0.717) is 23.3 Å². The van der Waals surface area contributed by atoms with Crippen LogP contribution in [0.1, 0.15) is 37.5 Å². The zero-order valence-electron chi connectivity index (χ0n) is 13.1. The molecule has 1 aromatic heterocycles. The zero-order valence-corrected chi connectivity index (χ0v) is 13.1. The fourth-order valence-electron chi connectivity index (χ4n) is 2.38. The highest BCUT2D eigenvalue weighted by molar-refractivity contribution is 5.86. The second kappa shape index (κ2) is 5.72. The molecule has 112 valence electrons. The first-order valence-corrected chi connectivity index (χ1v) is 7.09. The van der Waals surface area contributed by atoms with Gasteiger partial charge in [0.25, 0.3) is 0 Å². The van der Waals surface area contributed by atoms with Crippen molar-refractivity contribution < 1.29 is 13.9 Å². The van der Waals surface area contributed by atoms with Gasteiger partial charge in [-0.3, -0.25) is 4.79 Å². The molecule has 2 rings (SSSR count). The molecule has 0 unspecified atom stereocenters. The molecule has 1 aromatic carbocycles. The van der Waals surface area contributed by atoms with E-state index < -0.39 is 6.10 Å². The van der Waals surface area contributed by atoms with Gasteiger partial charge in [-0.15, -0.1) is 0 Å². The Morgan fingerprint density at radius 1 is 1.29 bits per heavy atom. The zero-order chi connectivity index (χ0) is 15.7. The van der Waals surface area contributed by atoms with Crippen molar-refractivity contribution in [1.82, 2.24) is 0 Å². The minimum absolute atomic E-state index is 0.0477. The predicted octanol–water partition coefficient (Wildman–Crippen LogP) is 3.33. The Morgan fingerprint density at radius 2 is 1.95 bits per heavy atom. The maximum Gasteiger partial charge on any atom is 0.339 e. The molecule has 0 fully saturated rings. The van der Waals surface area contributed by atoms with Crippen LogP contribution in [0.15, 0.2) is 21.3 Å². The van der Waals surface area contributed by atoms with Crippen molar-refractivity contribution in [2.45, 2.75) is 47.1 Å². The van der Waals surface area contributed by atoms with Crippen LogP contribution in [0.4, 0.5) is 0 Å². The number of benzene rings is 1. The second-order valence-electron chi connectivity index (χ2n) is 5.28. The SMILES string of the molecule is CCc1c(C)c2ccc(O[C@H](C)C(C)=O)c(C)c2oc1=O. The standard InChI is InChI=1S/C17H20O4/c1-6-13-9(2)14-7-8-15(20-12(5)11(4)18)10(3)16(14)21-17(13)19/h7-8,12H,6H2,1-5H3/t12-/m1/s1. The van der Waals surface area contributed by atoms with Gasteiger partial charge < -0.3 is 9.15 Å². The Kier molecular flexibility index (Phi) is 4.16. The smallest absolute Gasteiger partial charge is 0.339 e. The van der Waals surface area contributed by atoms with Crippen LogP contribution in [0.5, 0.6) is 5.75 Å². The Labute approximate surface area is 123 Å². The van der Waals surface area contributed by atoms with Gasteiger partial charge >= 0.3 is 5.63 Å². The third-order valence-corrected chi connectivity index (χ3v) is 3.88. The van der Waals surface area contributed by atoms with Crippen molar-refractivity contribution >= 4 is 16.8 Å². The van der Waals surface area contributed by atoms with E-state index in [1.165, 1.54) is 6.92 Å². The molecule has 21 heavy (non-hydrogen) atoms. The lowest BCUT2D eigenvalue weighted by Crippen LogP contribution is -2.21. The minimum atomic E-state index is -0.524. The molecule has 0 aliphatic rings. The lowest BCUT2D eigenvalue weighted by atomic mass is 10.0. The highest BCUT2D eigenvalue weighted by Crippen LogP contribution is 2.30. The molecule has 0 spiro atoms. The molecule has 4 heteroatoms. The Morgan fingerprint density at radius 3 is 2.52 bits per heavy atom. The summed E-state index contributed by atoms with van der Waals surface area (Å²) in [6.45, 7) is 8.88. The number of aryl methyl sites for hydroxylation is 2. The van der Waals surface area contributed by atoms with E-state index in [1.54, 1.807) is 6.92 Å². The number of hydrogen-bond donors (Lipinski definition) is 0. The van der Waals surface area contributed by atoms with Gasteiger partial charge in [0.05, 0.1) is 0 Å². The molecule has 0 radical (unpaired) electrons. The molecule has 2 aromatic rings. The lowest BCUT2D eigenvalue weighted by Gasteiger charge is -2.15. The average molecular weight is 288 g/mol. The second-order valence-corrected chi connectivity index (χ2v) is 5.28. The molecule has 0 saturated carbocycles. The monoisotopic (exact) mass is 288 g/mol. The fourth-order valence-corrected chi connectivity index (χ4v) is 2.38. The van der Waals surface area contributed by atoms with Crippen LogP contribution in [-0.4, -0.2) is 11.9 Å². The molecule has 1 heterocycles. The summed E-state index contributed by atoms with van der Waals surface area (Å²) < 4.78 is 11.1. The number of carbonyl (C=O) groups is 1. The summed E-state index contributed by atoms with van der Waals surface area (Å²) in [5, 5.41) is 0.909. The number of rotatable bonds is 4. The van der Waals surface area contributed by atoms with E-state index >= 15 is 0 Å².